The van der Waals surface area contributed by atoms with E-state index in [1.807, 2.05) is 31.2 Å². The van der Waals surface area contributed by atoms with E-state index in [-0.39, 0.29) is 12.5 Å². The van der Waals surface area contributed by atoms with E-state index in [1.165, 1.54) is 5.56 Å². The van der Waals surface area contributed by atoms with Crippen LogP contribution in [0.15, 0.2) is 48.5 Å². The Morgan fingerprint density at radius 1 is 1.07 bits per heavy atom. The van der Waals surface area contributed by atoms with Gasteiger partial charge < -0.3 is 14.8 Å². The van der Waals surface area contributed by atoms with E-state index in [0.29, 0.717) is 18.0 Å². The molecule has 3 aromatic rings. The van der Waals surface area contributed by atoms with Crippen molar-refractivity contribution in [3.63, 3.8) is 0 Å². The molecule has 0 atom stereocenters. The maximum atomic E-state index is 12.1. The van der Waals surface area contributed by atoms with Gasteiger partial charge in [-0.3, -0.25) is 4.79 Å². The van der Waals surface area contributed by atoms with Gasteiger partial charge in [0.1, 0.15) is 5.01 Å². The number of carbonyl (C=O) groups excluding carboxylic acids is 1. The number of para-hydroxylation sites is 2. The Kier molecular flexibility index (Phi) is 6.08. The summed E-state index contributed by atoms with van der Waals surface area (Å²) in [4.78, 5) is 17.8. The maximum absolute atomic E-state index is 12.1. The molecule has 0 saturated carbocycles. The minimum atomic E-state index is -0.189. The molecule has 1 N–H and O–H groups in total. The molecule has 0 aliphatic heterocycles. The molecule has 27 heavy (non-hydrogen) atoms. The van der Waals surface area contributed by atoms with Crippen molar-refractivity contribution in [1.82, 2.24) is 10.3 Å². The van der Waals surface area contributed by atoms with Crippen LogP contribution in [0, 0.1) is 13.8 Å². The standard InChI is InChI=1S/C21H22N2O3S/c1-14-8-4-5-9-16(14)21-23-15(2)19(27-21)12-22-20(24)13-26-18-11-7-6-10-17(18)25-3/h4-11H,12-13H2,1-3H3,(H,22,24). The van der Waals surface area contributed by atoms with Gasteiger partial charge in [0.15, 0.2) is 18.1 Å². The van der Waals surface area contributed by atoms with Crippen LogP contribution < -0.4 is 14.8 Å². The number of nitrogens with one attached hydrogen (secondary N) is 1. The van der Waals surface area contributed by atoms with Gasteiger partial charge in [0, 0.05) is 10.4 Å². The van der Waals surface area contributed by atoms with Gasteiger partial charge in [-0.15, -0.1) is 11.3 Å². The Labute approximate surface area is 163 Å². The molecule has 0 fully saturated rings. The zero-order chi connectivity index (χ0) is 19.2. The van der Waals surface area contributed by atoms with Crippen LogP contribution in [0.3, 0.4) is 0 Å². The van der Waals surface area contributed by atoms with Gasteiger partial charge in [-0.1, -0.05) is 36.4 Å². The first-order valence-corrected chi connectivity index (χ1v) is 9.45. The summed E-state index contributed by atoms with van der Waals surface area (Å²) in [5.41, 5.74) is 3.25. The molecular formula is C21H22N2O3S. The summed E-state index contributed by atoms with van der Waals surface area (Å²) < 4.78 is 10.8. The third-order valence-electron chi connectivity index (χ3n) is 4.14. The number of nitrogens with zero attached hydrogens (tertiary/aromatic N) is 1. The first-order valence-electron chi connectivity index (χ1n) is 8.63. The molecule has 5 nitrogen and oxygen atoms in total. The number of benzene rings is 2. The topological polar surface area (TPSA) is 60.5 Å². The summed E-state index contributed by atoms with van der Waals surface area (Å²) in [6.45, 7) is 4.40. The fourth-order valence-corrected chi connectivity index (χ4v) is 3.72. The Morgan fingerprint density at radius 2 is 1.78 bits per heavy atom. The van der Waals surface area contributed by atoms with Gasteiger partial charge in [-0.25, -0.2) is 4.98 Å². The van der Waals surface area contributed by atoms with E-state index in [2.05, 4.69) is 29.4 Å². The van der Waals surface area contributed by atoms with Gasteiger partial charge in [0.05, 0.1) is 19.3 Å². The lowest BCUT2D eigenvalue weighted by Gasteiger charge is -2.10. The summed E-state index contributed by atoms with van der Waals surface area (Å²) >= 11 is 1.60. The predicted octanol–water partition coefficient (Wildman–Crippen LogP) is 4.13. The number of aromatic nitrogens is 1. The average Bonchev–Trinajstić information content (AvgIpc) is 3.05. The molecule has 0 unspecified atom stereocenters. The predicted molar refractivity (Wildman–Crippen MR) is 107 cm³/mol. The maximum Gasteiger partial charge on any atom is 0.258 e. The van der Waals surface area contributed by atoms with Gasteiger partial charge in [0.2, 0.25) is 0 Å². The Balaban J connectivity index is 1.59. The second-order valence-electron chi connectivity index (χ2n) is 6.06. The van der Waals surface area contributed by atoms with Crippen molar-refractivity contribution in [2.75, 3.05) is 13.7 Å². The third-order valence-corrected chi connectivity index (χ3v) is 5.33. The van der Waals surface area contributed by atoms with E-state index >= 15 is 0 Å². The van der Waals surface area contributed by atoms with Crippen molar-refractivity contribution in [1.29, 1.82) is 0 Å². The fourth-order valence-electron chi connectivity index (χ4n) is 2.63. The van der Waals surface area contributed by atoms with E-state index in [4.69, 9.17) is 9.47 Å². The van der Waals surface area contributed by atoms with Crippen molar-refractivity contribution in [3.05, 3.63) is 64.7 Å². The lowest BCUT2D eigenvalue weighted by Crippen LogP contribution is -2.28. The van der Waals surface area contributed by atoms with Gasteiger partial charge in [0.25, 0.3) is 5.91 Å². The summed E-state index contributed by atoms with van der Waals surface area (Å²) in [5.74, 6) is 0.962. The molecule has 2 aromatic carbocycles. The van der Waals surface area contributed by atoms with Crippen molar-refractivity contribution < 1.29 is 14.3 Å². The van der Waals surface area contributed by atoms with Crippen molar-refractivity contribution in [2.45, 2.75) is 20.4 Å². The molecule has 1 aromatic heterocycles. The van der Waals surface area contributed by atoms with Crippen molar-refractivity contribution >= 4 is 17.2 Å². The Bertz CT molecular complexity index is 937. The summed E-state index contributed by atoms with van der Waals surface area (Å²) in [6, 6.07) is 15.4. The highest BCUT2D eigenvalue weighted by Gasteiger charge is 2.12. The molecule has 0 aliphatic carbocycles. The van der Waals surface area contributed by atoms with Crippen LogP contribution in [-0.2, 0) is 11.3 Å². The number of methoxy groups -OCH3 is 1. The van der Waals surface area contributed by atoms with Crippen LogP contribution in [0.1, 0.15) is 16.1 Å². The number of ether oxygens (including phenoxy) is 2. The highest BCUT2D eigenvalue weighted by atomic mass is 32.1. The summed E-state index contributed by atoms with van der Waals surface area (Å²) in [6.07, 6.45) is 0. The average molecular weight is 382 g/mol. The van der Waals surface area contributed by atoms with E-state index in [9.17, 15) is 4.79 Å². The first kappa shape index (κ1) is 18.9. The quantitative estimate of drug-likeness (QED) is 0.667. The van der Waals surface area contributed by atoms with Crippen molar-refractivity contribution in [2.24, 2.45) is 0 Å². The lowest BCUT2D eigenvalue weighted by atomic mass is 10.1. The van der Waals surface area contributed by atoms with Crippen LogP contribution in [0.25, 0.3) is 10.6 Å². The molecule has 3 rings (SSSR count). The van der Waals surface area contributed by atoms with Crippen LogP contribution in [0.2, 0.25) is 0 Å². The van der Waals surface area contributed by atoms with Crippen molar-refractivity contribution in [3.8, 4) is 22.1 Å². The Morgan fingerprint density at radius 3 is 2.52 bits per heavy atom. The molecule has 0 bridgehead atoms. The van der Waals surface area contributed by atoms with E-state index in [1.54, 1.807) is 30.6 Å². The number of amides is 1. The molecule has 140 valence electrons. The smallest absolute Gasteiger partial charge is 0.258 e. The molecule has 1 heterocycles. The van der Waals surface area contributed by atoms with Gasteiger partial charge in [-0.2, -0.15) is 0 Å². The normalized spacial score (nSPS) is 10.5. The molecule has 1 amide bonds. The highest BCUT2D eigenvalue weighted by molar-refractivity contribution is 7.15. The number of aryl methyl sites for hydroxylation is 2. The van der Waals surface area contributed by atoms with Gasteiger partial charge >= 0.3 is 0 Å². The summed E-state index contributed by atoms with van der Waals surface area (Å²) in [5, 5.41) is 3.86. The van der Waals surface area contributed by atoms with Crippen LogP contribution in [0.4, 0.5) is 0 Å². The fraction of sp³-hybridized carbons (Fsp3) is 0.238. The molecule has 6 heteroatoms. The van der Waals surface area contributed by atoms with Crippen LogP contribution in [-0.4, -0.2) is 24.6 Å². The largest absolute Gasteiger partial charge is 0.493 e. The minimum absolute atomic E-state index is 0.0666. The van der Waals surface area contributed by atoms with Crippen LogP contribution >= 0.6 is 11.3 Å². The van der Waals surface area contributed by atoms with E-state index < -0.39 is 0 Å². The SMILES string of the molecule is COc1ccccc1OCC(=O)NCc1sc(-c2ccccc2C)nc1C. The number of carbonyl (C=O) groups is 1. The number of hydrogen-bond donors (Lipinski definition) is 1. The second kappa shape index (κ2) is 8.68. The number of thiazole rings is 1. The van der Waals surface area contributed by atoms with Crippen LogP contribution in [0.5, 0.6) is 11.5 Å². The molecule has 0 radical (unpaired) electrons. The van der Waals surface area contributed by atoms with E-state index in [0.717, 1.165) is 21.1 Å². The zero-order valence-corrected chi connectivity index (χ0v) is 16.4. The molecule has 0 spiro atoms. The third kappa shape index (κ3) is 4.65. The zero-order valence-electron chi connectivity index (χ0n) is 15.6. The Hall–Kier alpha value is -2.86. The lowest BCUT2D eigenvalue weighted by molar-refractivity contribution is -0.123. The highest BCUT2D eigenvalue weighted by Crippen LogP contribution is 2.30. The minimum Gasteiger partial charge on any atom is -0.493 e. The summed E-state index contributed by atoms with van der Waals surface area (Å²) in [7, 11) is 1.57. The monoisotopic (exact) mass is 382 g/mol. The number of hydrogen-bond acceptors (Lipinski definition) is 5. The second-order valence-corrected chi connectivity index (χ2v) is 7.14. The molecule has 0 aliphatic rings. The molecule has 0 saturated heterocycles. The molecular weight excluding hydrogens is 360 g/mol. The van der Waals surface area contributed by atoms with Gasteiger partial charge in [-0.05, 0) is 31.5 Å². The number of rotatable bonds is 7. The first-order chi connectivity index (χ1) is 13.1.